The van der Waals surface area contributed by atoms with Crippen LogP contribution in [0.3, 0.4) is 0 Å². The minimum absolute atomic E-state index is 0.0649. The normalized spacial score (nSPS) is 11.9. The van der Waals surface area contributed by atoms with E-state index in [1.165, 1.54) is 0 Å². The number of fused-ring (bicyclic) bond motifs is 1. The molecule has 0 radical (unpaired) electrons. The van der Waals surface area contributed by atoms with Gasteiger partial charge in [0.1, 0.15) is 5.75 Å². The summed E-state index contributed by atoms with van der Waals surface area (Å²) in [6.07, 6.45) is 0.362. The fraction of sp³-hybridized carbons (Fsp3) is 0.235. The lowest BCUT2D eigenvalue weighted by Crippen LogP contribution is -2.16. The zero-order valence-electron chi connectivity index (χ0n) is 12.8. The van der Waals surface area contributed by atoms with Gasteiger partial charge in [-0.25, -0.2) is 0 Å². The summed E-state index contributed by atoms with van der Waals surface area (Å²) in [6, 6.07) is 12.9. The molecule has 0 aromatic heterocycles. The molecule has 0 spiro atoms. The number of nitrogens with one attached hydrogen (secondary N) is 2. The Hall–Kier alpha value is -2.89. The highest BCUT2D eigenvalue weighted by molar-refractivity contribution is 5.91. The largest absolute Gasteiger partial charge is 0.497 e. The van der Waals surface area contributed by atoms with E-state index in [1.54, 1.807) is 25.3 Å². The number of anilines is 2. The summed E-state index contributed by atoms with van der Waals surface area (Å²) in [5.74, 6) is 2.09. The Balaban J connectivity index is 1.46. The lowest BCUT2D eigenvalue weighted by molar-refractivity contribution is -0.115. The van der Waals surface area contributed by atoms with Crippen LogP contribution in [0.15, 0.2) is 42.5 Å². The number of methoxy groups -OCH3 is 1. The van der Waals surface area contributed by atoms with E-state index in [-0.39, 0.29) is 12.7 Å². The Kier molecular flexibility index (Phi) is 4.52. The quantitative estimate of drug-likeness (QED) is 0.858. The molecule has 1 aliphatic heterocycles. The minimum Gasteiger partial charge on any atom is -0.497 e. The molecule has 2 aromatic rings. The van der Waals surface area contributed by atoms with Gasteiger partial charge in [-0.15, -0.1) is 0 Å². The summed E-state index contributed by atoms with van der Waals surface area (Å²) in [5.41, 5.74) is 1.64. The summed E-state index contributed by atoms with van der Waals surface area (Å²) >= 11 is 0. The van der Waals surface area contributed by atoms with Gasteiger partial charge in [0, 0.05) is 30.4 Å². The van der Waals surface area contributed by atoms with Gasteiger partial charge in [0.15, 0.2) is 11.5 Å². The fourth-order valence-electron chi connectivity index (χ4n) is 2.23. The van der Waals surface area contributed by atoms with Gasteiger partial charge in [-0.3, -0.25) is 4.79 Å². The molecule has 0 unspecified atom stereocenters. The van der Waals surface area contributed by atoms with Crippen molar-refractivity contribution in [3.63, 3.8) is 0 Å². The van der Waals surface area contributed by atoms with Crippen molar-refractivity contribution in [1.82, 2.24) is 0 Å². The lowest BCUT2D eigenvalue weighted by Gasteiger charge is -2.08. The Morgan fingerprint density at radius 1 is 1.09 bits per heavy atom. The van der Waals surface area contributed by atoms with Crippen molar-refractivity contribution in [2.45, 2.75) is 6.42 Å². The summed E-state index contributed by atoms with van der Waals surface area (Å²) in [6.45, 7) is 0.765. The molecule has 0 fully saturated rings. The zero-order valence-corrected chi connectivity index (χ0v) is 12.8. The number of ether oxygens (including phenoxy) is 3. The van der Waals surface area contributed by atoms with Gasteiger partial charge in [-0.05, 0) is 36.4 Å². The molecule has 23 heavy (non-hydrogen) atoms. The summed E-state index contributed by atoms with van der Waals surface area (Å²) in [4.78, 5) is 12.0. The monoisotopic (exact) mass is 314 g/mol. The van der Waals surface area contributed by atoms with Crippen molar-refractivity contribution in [3.05, 3.63) is 42.5 Å². The Morgan fingerprint density at radius 2 is 1.83 bits per heavy atom. The van der Waals surface area contributed by atoms with E-state index in [0.29, 0.717) is 30.2 Å². The van der Waals surface area contributed by atoms with Crippen LogP contribution in [0, 0.1) is 0 Å². The SMILES string of the molecule is COc1ccc(NCCC(=O)Nc2ccc3c(c2)OCO3)cc1. The molecular formula is C17H18N2O4. The molecule has 1 aliphatic rings. The zero-order chi connectivity index (χ0) is 16.1. The van der Waals surface area contributed by atoms with E-state index in [1.807, 2.05) is 24.3 Å². The van der Waals surface area contributed by atoms with E-state index in [2.05, 4.69) is 10.6 Å². The van der Waals surface area contributed by atoms with Gasteiger partial charge >= 0.3 is 0 Å². The van der Waals surface area contributed by atoms with Crippen molar-refractivity contribution in [1.29, 1.82) is 0 Å². The highest BCUT2D eigenvalue weighted by Crippen LogP contribution is 2.34. The molecule has 0 aliphatic carbocycles. The first kappa shape index (κ1) is 15.0. The number of rotatable bonds is 6. The minimum atomic E-state index is -0.0649. The smallest absolute Gasteiger partial charge is 0.231 e. The van der Waals surface area contributed by atoms with Crippen LogP contribution in [0.1, 0.15) is 6.42 Å². The molecule has 6 nitrogen and oxygen atoms in total. The van der Waals surface area contributed by atoms with E-state index >= 15 is 0 Å². The van der Waals surface area contributed by atoms with Crippen LogP contribution < -0.4 is 24.8 Å². The maximum atomic E-state index is 12.0. The highest BCUT2D eigenvalue weighted by Gasteiger charge is 2.13. The Bertz CT molecular complexity index is 685. The molecule has 1 amide bonds. The molecule has 0 saturated carbocycles. The first-order valence-corrected chi connectivity index (χ1v) is 7.32. The number of hydrogen-bond acceptors (Lipinski definition) is 5. The van der Waals surface area contributed by atoms with Crippen LogP contribution in [0.2, 0.25) is 0 Å². The molecule has 3 rings (SSSR count). The number of amides is 1. The van der Waals surface area contributed by atoms with Gasteiger partial charge < -0.3 is 24.8 Å². The van der Waals surface area contributed by atoms with Crippen LogP contribution in [0.25, 0.3) is 0 Å². The predicted molar refractivity (Wildman–Crippen MR) is 87.3 cm³/mol. The average molecular weight is 314 g/mol. The van der Waals surface area contributed by atoms with Crippen LogP contribution in [0.5, 0.6) is 17.2 Å². The molecule has 0 saturated heterocycles. The standard InChI is InChI=1S/C17H18N2O4/c1-21-14-5-2-12(3-6-14)18-9-8-17(20)19-13-4-7-15-16(10-13)23-11-22-15/h2-7,10,18H,8-9,11H2,1H3,(H,19,20). The second kappa shape index (κ2) is 6.91. The molecule has 2 aromatic carbocycles. The first-order chi connectivity index (χ1) is 11.2. The highest BCUT2D eigenvalue weighted by atomic mass is 16.7. The van der Waals surface area contributed by atoms with Crippen molar-refractivity contribution >= 4 is 17.3 Å². The fourth-order valence-corrected chi connectivity index (χ4v) is 2.23. The van der Waals surface area contributed by atoms with Gasteiger partial charge in [0.25, 0.3) is 0 Å². The molecule has 2 N–H and O–H groups in total. The topological polar surface area (TPSA) is 68.8 Å². The van der Waals surface area contributed by atoms with Gasteiger partial charge in [0.05, 0.1) is 7.11 Å². The Morgan fingerprint density at radius 3 is 2.61 bits per heavy atom. The Labute approximate surface area is 134 Å². The van der Waals surface area contributed by atoms with E-state index in [9.17, 15) is 4.79 Å². The molecule has 0 bridgehead atoms. The van der Waals surface area contributed by atoms with Crippen molar-refractivity contribution in [2.24, 2.45) is 0 Å². The lowest BCUT2D eigenvalue weighted by atomic mass is 10.2. The van der Waals surface area contributed by atoms with Gasteiger partial charge in [-0.2, -0.15) is 0 Å². The van der Waals surface area contributed by atoms with Crippen LogP contribution in [-0.4, -0.2) is 26.4 Å². The number of carbonyl (C=O) groups is 1. The molecule has 6 heteroatoms. The van der Waals surface area contributed by atoms with Crippen molar-refractivity contribution in [3.8, 4) is 17.2 Å². The van der Waals surface area contributed by atoms with E-state index in [0.717, 1.165) is 11.4 Å². The van der Waals surface area contributed by atoms with E-state index < -0.39 is 0 Å². The average Bonchev–Trinajstić information content (AvgIpc) is 3.03. The third-order valence-electron chi connectivity index (χ3n) is 3.43. The molecule has 0 atom stereocenters. The second-order valence-electron chi connectivity index (χ2n) is 5.02. The van der Waals surface area contributed by atoms with Crippen molar-refractivity contribution < 1.29 is 19.0 Å². The number of carbonyl (C=O) groups excluding carboxylic acids is 1. The van der Waals surface area contributed by atoms with Gasteiger partial charge in [-0.1, -0.05) is 0 Å². The molecule has 120 valence electrons. The summed E-state index contributed by atoms with van der Waals surface area (Å²) < 4.78 is 15.6. The maximum Gasteiger partial charge on any atom is 0.231 e. The van der Waals surface area contributed by atoms with Crippen molar-refractivity contribution in [2.75, 3.05) is 31.1 Å². The third-order valence-corrected chi connectivity index (χ3v) is 3.43. The molecular weight excluding hydrogens is 296 g/mol. The van der Waals surface area contributed by atoms with Crippen LogP contribution >= 0.6 is 0 Å². The maximum absolute atomic E-state index is 12.0. The van der Waals surface area contributed by atoms with Gasteiger partial charge in [0.2, 0.25) is 12.7 Å². The summed E-state index contributed by atoms with van der Waals surface area (Å²) in [5, 5.41) is 6.03. The van der Waals surface area contributed by atoms with Crippen LogP contribution in [-0.2, 0) is 4.79 Å². The van der Waals surface area contributed by atoms with Crippen LogP contribution in [0.4, 0.5) is 11.4 Å². The number of benzene rings is 2. The third kappa shape index (κ3) is 3.85. The summed E-state index contributed by atoms with van der Waals surface area (Å²) in [7, 11) is 1.63. The molecule has 1 heterocycles. The number of hydrogen-bond donors (Lipinski definition) is 2. The van der Waals surface area contributed by atoms with E-state index in [4.69, 9.17) is 14.2 Å². The second-order valence-corrected chi connectivity index (χ2v) is 5.02. The predicted octanol–water partition coefficient (Wildman–Crippen LogP) is 2.86. The first-order valence-electron chi connectivity index (χ1n) is 7.32.